The summed E-state index contributed by atoms with van der Waals surface area (Å²) in [6, 6.07) is -0.215. The molecular formula is C8H13NO2. The average molecular weight is 155 g/mol. The van der Waals surface area contributed by atoms with E-state index < -0.39 is 0 Å². The van der Waals surface area contributed by atoms with Gasteiger partial charge in [-0.3, -0.25) is 9.59 Å². The third-order valence-corrected chi connectivity index (χ3v) is 2.21. The number of hydrogen-bond donors (Lipinski definition) is 1. The Labute approximate surface area is 66.2 Å². The minimum absolute atomic E-state index is 0.0457. The van der Waals surface area contributed by atoms with Crippen LogP contribution in [0.5, 0.6) is 0 Å². The Morgan fingerprint density at radius 2 is 2.27 bits per heavy atom. The van der Waals surface area contributed by atoms with Crippen LogP contribution in [0, 0.1) is 5.92 Å². The second-order valence-electron chi connectivity index (χ2n) is 3.07. The number of carbonyl (C=O) groups is 2. The molecule has 0 bridgehead atoms. The number of ketones is 1. The number of amides is 1. The van der Waals surface area contributed by atoms with Crippen LogP contribution in [0.4, 0.5) is 0 Å². The highest BCUT2D eigenvalue weighted by Crippen LogP contribution is 2.14. The van der Waals surface area contributed by atoms with Crippen molar-refractivity contribution in [3.05, 3.63) is 0 Å². The topological polar surface area (TPSA) is 46.2 Å². The van der Waals surface area contributed by atoms with Gasteiger partial charge in [0.1, 0.15) is 0 Å². The third-order valence-electron chi connectivity index (χ3n) is 2.21. The Bertz CT molecular complexity index is 189. The zero-order chi connectivity index (χ0) is 8.43. The molecule has 1 fully saturated rings. The molecule has 1 rings (SSSR count). The molecule has 0 radical (unpaired) electrons. The van der Waals surface area contributed by atoms with Crippen LogP contribution in [-0.4, -0.2) is 17.7 Å². The maximum absolute atomic E-state index is 11.1. The Hall–Kier alpha value is -0.860. The van der Waals surface area contributed by atoms with Crippen molar-refractivity contribution in [1.29, 1.82) is 0 Å². The number of rotatable bonds is 2. The van der Waals surface area contributed by atoms with Gasteiger partial charge in [0.15, 0.2) is 5.78 Å². The van der Waals surface area contributed by atoms with E-state index in [0.29, 0.717) is 0 Å². The number of Topliss-reactive ketones (excluding diaryl/α,β-unsaturated/α-hetero) is 1. The summed E-state index contributed by atoms with van der Waals surface area (Å²) < 4.78 is 0. The Kier molecular flexibility index (Phi) is 2.27. The predicted molar refractivity (Wildman–Crippen MR) is 41.0 cm³/mol. The monoisotopic (exact) mass is 155 g/mol. The van der Waals surface area contributed by atoms with Crippen LogP contribution in [0.2, 0.25) is 0 Å². The molecule has 1 saturated heterocycles. The van der Waals surface area contributed by atoms with Crippen LogP contribution >= 0.6 is 0 Å². The maximum atomic E-state index is 11.1. The lowest BCUT2D eigenvalue weighted by Gasteiger charge is -2.14. The van der Waals surface area contributed by atoms with Crippen LogP contribution in [0.1, 0.15) is 26.7 Å². The standard InChI is InChI=1S/C8H13NO2/c1-3-5(2)8-6(10)4-7(11)9-8/h5,8H,3-4H2,1-2H3,(H,9,11)/t5-,8+/m0/s1. The number of hydrogen-bond acceptors (Lipinski definition) is 2. The first-order chi connectivity index (χ1) is 5.15. The summed E-state index contributed by atoms with van der Waals surface area (Å²) in [6.45, 7) is 4.00. The molecule has 0 aromatic carbocycles. The van der Waals surface area contributed by atoms with E-state index in [1.807, 2.05) is 13.8 Å². The summed E-state index contributed by atoms with van der Waals surface area (Å²) >= 11 is 0. The van der Waals surface area contributed by atoms with Crippen molar-refractivity contribution in [2.45, 2.75) is 32.7 Å². The largest absolute Gasteiger partial charge is 0.346 e. The normalized spacial score (nSPS) is 26.9. The van der Waals surface area contributed by atoms with Gasteiger partial charge in [0.2, 0.25) is 5.91 Å². The predicted octanol–water partition coefficient (Wildman–Crippen LogP) is 0.490. The molecule has 0 unspecified atom stereocenters. The molecule has 3 nitrogen and oxygen atoms in total. The second kappa shape index (κ2) is 3.03. The molecule has 1 aliphatic heterocycles. The summed E-state index contributed by atoms with van der Waals surface area (Å²) in [5.41, 5.74) is 0. The van der Waals surface area contributed by atoms with Crippen molar-refractivity contribution >= 4 is 11.7 Å². The van der Waals surface area contributed by atoms with Gasteiger partial charge in [-0.05, 0) is 5.92 Å². The van der Waals surface area contributed by atoms with E-state index in [2.05, 4.69) is 5.32 Å². The smallest absolute Gasteiger partial charge is 0.228 e. The second-order valence-corrected chi connectivity index (χ2v) is 3.07. The number of nitrogens with one attached hydrogen (secondary N) is 1. The lowest BCUT2D eigenvalue weighted by Crippen LogP contribution is -2.35. The quantitative estimate of drug-likeness (QED) is 0.590. The van der Waals surface area contributed by atoms with E-state index >= 15 is 0 Å². The van der Waals surface area contributed by atoms with E-state index in [1.54, 1.807) is 0 Å². The zero-order valence-electron chi connectivity index (χ0n) is 6.89. The molecule has 0 aromatic rings. The van der Waals surface area contributed by atoms with E-state index in [0.717, 1.165) is 6.42 Å². The van der Waals surface area contributed by atoms with Gasteiger partial charge in [0.25, 0.3) is 0 Å². The molecule has 1 heterocycles. The average Bonchev–Trinajstić information content (AvgIpc) is 2.28. The fourth-order valence-electron chi connectivity index (χ4n) is 1.27. The molecule has 0 aromatic heterocycles. The molecule has 11 heavy (non-hydrogen) atoms. The molecule has 0 saturated carbocycles. The van der Waals surface area contributed by atoms with Crippen LogP contribution in [0.3, 0.4) is 0 Å². The highest BCUT2D eigenvalue weighted by Gasteiger charge is 2.32. The summed E-state index contributed by atoms with van der Waals surface area (Å²) in [5.74, 6) is 0.193. The fraction of sp³-hybridized carbons (Fsp3) is 0.750. The minimum atomic E-state index is -0.215. The molecule has 2 atom stereocenters. The van der Waals surface area contributed by atoms with Crippen LogP contribution in [-0.2, 0) is 9.59 Å². The maximum Gasteiger partial charge on any atom is 0.228 e. The lowest BCUT2D eigenvalue weighted by atomic mass is 9.97. The SMILES string of the molecule is CC[C@H](C)[C@H]1NC(=O)CC1=O. The van der Waals surface area contributed by atoms with Crippen molar-refractivity contribution < 1.29 is 9.59 Å². The van der Waals surface area contributed by atoms with Gasteiger partial charge in [-0.15, -0.1) is 0 Å². The molecule has 62 valence electrons. The summed E-state index contributed by atoms with van der Waals surface area (Å²) in [7, 11) is 0. The van der Waals surface area contributed by atoms with Gasteiger partial charge in [-0.1, -0.05) is 20.3 Å². The van der Waals surface area contributed by atoms with Crippen molar-refractivity contribution in [3.8, 4) is 0 Å². The van der Waals surface area contributed by atoms with Crippen molar-refractivity contribution in [1.82, 2.24) is 5.32 Å². The summed E-state index contributed by atoms with van der Waals surface area (Å²) in [5, 5.41) is 2.67. The lowest BCUT2D eigenvalue weighted by molar-refractivity contribution is -0.122. The van der Waals surface area contributed by atoms with Gasteiger partial charge < -0.3 is 5.32 Å². The number of carbonyl (C=O) groups excluding carboxylic acids is 2. The van der Waals surface area contributed by atoms with E-state index in [1.165, 1.54) is 0 Å². The Balaban J connectivity index is 2.59. The first-order valence-corrected chi connectivity index (χ1v) is 3.97. The fourth-order valence-corrected chi connectivity index (χ4v) is 1.27. The molecule has 1 aliphatic rings. The van der Waals surface area contributed by atoms with Crippen molar-refractivity contribution in [3.63, 3.8) is 0 Å². The molecule has 0 spiro atoms. The highest BCUT2D eigenvalue weighted by molar-refractivity contribution is 6.07. The summed E-state index contributed by atoms with van der Waals surface area (Å²) in [4.78, 5) is 21.9. The molecular weight excluding hydrogens is 142 g/mol. The molecule has 1 amide bonds. The van der Waals surface area contributed by atoms with Gasteiger partial charge in [-0.25, -0.2) is 0 Å². The first kappa shape index (κ1) is 8.24. The zero-order valence-corrected chi connectivity index (χ0v) is 6.89. The first-order valence-electron chi connectivity index (χ1n) is 3.97. The van der Waals surface area contributed by atoms with Gasteiger partial charge in [-0.2, -0.15) is 0 Å². The van der Waals surface area contributed by atoms with Crippen molar-refractivity contribution in [2.24, 2.45) is 5.92 Å². The van der Waals surface area contributed by atoms with Crippen molar-refractivity contribution in [2.75, 3.05) is 0 Å². The minimum Gasteiger partial charge on any atom is -0.346 e. The summed E-state index contributed by atoms with van der Waals surface area (Å²) in [6.07, 6.45) is 1.01. The van der Waals surface area contributed by atoms with E-state index in [9.17, 15) is 9.59 Å². The molecule has 0 aliphatic carbocycles. The Morgan fingerprint density at radius 1 is 1.64 bits per heavy atom. The highest BCUT2D eigenvalue weighted by atomic mass is 16.2. The van der Waals surface area contributed by atoms with Gasteiger partial charge >= 0.3 is 0 Å². The Morgan fingerprint density at radius 3 is 2.64 bits per heavy atom. The molecule has 1 N–H and O–H groups in total. The van der Waals surface area contributed by atoms with Gasteiger partial charge in [0.05, 0.1) is 12.5 Å². The van der Waals surface area contributed by atoms with Gasteiger partial charge in [0, 0.05) is 0 Å². The van der Waals surface area contributed by atoms with Crippen LogP contribution < -0.4 is 5.32 Å². The molecule has 3 heteroatoms. The third kappa shape index (κ3) is 1.59. The van der Waals surface area contributed by atoms with E-state index in [4.69, 9.17) is 0 Å². The van der Waals surface area contributed by atoms with E-state index in [-0.39, 0.29) is 30.1 Å². The van der Waals surface area contributed by atoms with Crippen LogP contribution in [0.15, 0.2) is 0 Å². The van der Waals surface area contributed by atoms with Crippen LogP contribution in [0.25, 0.3) is 0 Å².